The van der Waals surface area contributed by atoms with Crippen molar-refractivity contribution in [2.45, 2.75) is 136 Å². The number of unbranched alkanes of at least 4 members (excludes halogenated alkanes) is 15. The summed E-state index contributed by atoms with van der Waals surface area (Å²) in [6.07, 6.45) is 20.5. The average molecular weight is 896 g/mol. The summed E-state index contributed by atoms with van der Waals surface area (Å²) in [4.78, 5) is 26.6. The minimum atomic E-state index is -0.395. The highest BCUT2D eigenvalue weighted by molar-refractivity contribution is 14.1. The van der Waals surface area contributed by atoms with Crippen molar-refractivity contribution < 1.29 is 23.8 Å². The summed E-state index contributed by atoms with van der Waals surface area (Å²) in [6, 6.07) is 0. The van der Waals surface area contributed by atoms with Crippen LogP contribution >= 0.6 is 67.8 Å². The van der Waals surface area contributed by atoms with Gasteiger partial charge >= 0.3 is 11.9 Å². The van der Waals surface area contributed by atoms with E-state index >= 15 is 0 Å². The Bertz CT molecular complexity index is 802. The third-order valence-corrected chi connectivity index (χ3v) is 10.0. The number of hydrogen-bond acceptors (Lipinski definition) is 5. The van der Waals surface area contributed by atoms with Crippen LogP contribution in [0.2, 0.25) is 0 Å². The molecule has 0 heterocycles. The van der Waals surface area contributed by atoms with Gasteiger partial charge in [-0.3, -0.25) is 0 Å². The molecule has 8 heteroatoms. The van der Waals surface area contributed by atoms with Crippen LogP contribution in [0.1, 0.15) is 157 Å². The SMILES string of the molecule is CCCCCCCCOC(=O)c1c(I)c(OCCCCCCCC)c(I)c(C(=O)OCCCCCCCC)c1I. The molecule has 0 aromatic heterocycles. The lowest BCUT2D eigenvalue weighted by Crippen LogP contribution is -2.19. The number of benzene rings is 1. The van der Waals surface area contributed by atoms with Crippen LogP contribution in [0.5, 0.6) is 5.75 Å². The molecule has 0 amide bonds. The number of ether oxygens (including phenoxy) is 3. The molecule has 0 aliphatic rings. The Morgan fingerprint density at radius 3 is 1.18 bits per heavy atom. The Morgan fingerprint density at radius 1 is 0.475 bits per heavy atom. The maximum atomic E-state index is 13.3. The lowest BCUT2D eigenvalue weighted by molar-refractivity contribution is 0.0490. The predicted octanol–water partition coefficient (Wildman–Crippen LogP) is 11.3. The topological polar surface area (TPSA) is 61.8 Å². The highest BCUT2D eigenvalue weighted by Crippen LogP contribution is 2.38. The fraction of sp³-hybridized carbons (Fsp3) is 0.750. The second-order valence-corrected chi connectivity index (χ2v) is 13.7. The molecule has 1 rings (SSSR count). The highest BCUT2D eigenvalue weighted by atomic mass is 127. The van der Waals surface area contributed by atoms with Crippen molar-refractivity contribution in [1.29, 1.82) is 0 Å². The van der Waals surface area contributed by atoms with Crippen molar-refractivity contribution in [1.82, 2.24) is 0 Å². The van der Waals surface area contributed by atoms with Gasteiger partial charge in [0.05, 0.1) is 38.1 Å². The summed E-state index contributed by atoms with van der Waals surface area (Å²) >= 11 is 6.45. The normalized spacial score (nSPS) is 11.1. The Kier molecular flexibility index (Phi) is 23.5. The standard InChI is InChI=1S/C32H51I3O5/c1-4-7-10-13-16-19-22-38-30-28(34)25(31(36)39-23-20-17-14-11-8-5-2)27(33)26(29(30)35)32(37)40-24-21-18-15-12-9-6-3/h4-24H2,1-3H3. The van der Waals surface area contributed by atoms with Gasteiger partial charge < -0.3 is 14.2 Å². The van der Waals surface area contributed by atoms with E-state index < -0.39 is 11.9 Å². The first-order valence-electron chi connectivity index (χ1n) is 15.6. The van der Waals surface area contributed by atoms with Crippen molar-refractivity contribution in [2.24, 2.45) is 0 Å². The molecule has 0 aliphatic heterocycles. The van der Waals surface area contributed by atoms with E-state index in [0.29, 0.717) is 47.4 Å². The fourth-order valence-electron chi connectivity index (χ4n) is 4.42. The molecule has 0 unspecified atom stereocenters. The van der Waals surface area contributed by atoms with Crippen LogP contribution in [0.4, 0.5) is 0 Å². The van der Waals surface area contributed by atoms with Crippen molar-refractivity contribution in [3.63, 3.8) is 0 Å². The number of carbonyl (C=O) groups excluding carboxylic acids is 2. The maximum Gasteiger partial charge on any atom is 0.340 e. The first-order valence-corrected chi connectivity index (χ1v) is 18.8. The van der Waals surface area contributed by atoms with Crippen molar-refractivity contribution in [3.8, 4) is 5.75 Å². The van der Waals surface area contributed by atoms with Crippen LogP contribution in [0.25, 0.3) is 0 Å². The molecule has 0 bridgehead atoms. The quantitative estimate of drug-likeness (QED) is 0.0588. The van der Waals surface area contributed by atoms with E-state index in [4.69, 9.17) is 14.2 Å². The van der Waals surface area contributed by atoms with Crippen LogP contribution in [-0.2, 0) is 9.47 Å². The smallest absolute Gasteiger partial charge is 0.340 e. The van der Waals surface area contributed by atoms with Gasteiger partial charge in [0.2, 0.25) is 0 Å². The van der Waals surface area contributed by atoms with E-state index in [9.17, 15) is 9.59 Å². The second-order valence-electron chi connectivity index (χ2n) is 10.4. The third kappa shape index (κ3) is 15.0. The van der Waals surface area contributed by atoms with Gasteiger partial charge in [-0.15, -0.1) is 0 Å². The summed E-state index contributed by atoms with van der Waals surface area (Å²) in [5.74, 6) is -0.200. The zero-order chi connectivity index (χ0) is 29.6. The minimum absolute atomic E-state index is 0.384. The lowest BCUT2D eigenvalue weighted by Gasteiger charge is -2.19. The zero-order valence-corrected chi connectivity index (χ0v) is 31.5. The van der Waals surface area contributed by atoms with Gasteiger partial charge in [0, 0.05) is 3.57 Å². The second kappa shape index (κ2) is 24.6. The van der Waals surface area contributed by atoms with Crippen LogP contribution < -0.4 is 4.74 Å². The molecular formula is C32H51I3O5. The van der Waals surface area contributed by atoms with Gasteiger partial charge in [0.25, 0.3) is 0 Å². The van der Waals surface area contributed by atoms with Gasteiger partial charge in [-0.05, 0) is 87.0 Å². The molecule has 0 radical (unpaired) electrons. The van der Waals surface area contributed by atoms with E-state index in [-0.39, 0.29) is 0 Å². The fourth-order valence-corrected chi connectivity index (χ4v) is 8.78. The van der Waals surface area contributed by atoms with E-state index in [1.165, 1.54) is 64.2 Å². The number of halogens is 3. The average Bonchev–Trinajstić information content (AvgIpc) is 2.93. The van der Waals surface area contributed by atoms with Crippen LogP contribution in [0.15, 0.2) is 0 Å². The van der Waals surface area contributed by atoms with Gasteiger partial charge in [-0.1, -0.05) is 117 Å². The minimum Gasteiger partial charge on any atom is -0.491 e. The number of rotatable bonds is 24. The predicted molar refractivity (Wildman–Crippen MR) is 191 cm³/mol. The number of carbonyl (C=O) groups is 2. The molecule has 5 nitrogen and oxygen atoms in total. The summed E-state index contributed by atoms with van der Waals surface area (Å²) in [5.41, 5.74) is 0.828. The van der Waals surface area contributed by atoms with Crippen LogP contribution in [-0.4, -0.2) is 31.8 Å². The Morgan fingerprint density at radius 2 is 0.800 bits per heavy atom. The summed E-state index contributed by atoms with van der Waals surface area (Å²) < 4.78 is 19.6. The number of esters is 2. The van der Waals surface area contributed by atoms with Crippen LogP contribution in [0, 0.1) is 10.7 Å². The van der Waals surface area contributed by atoms with E-state index in [1.54, 1.807) is 0 Å². The molecule has 1 aromatic carbocycles. The summed E-state index contributed by atoms with van der Waals surface area (Å²) in [5, 5.41) is 0. The Hall–Kier alpha value is 0.150. The molecule has 1 aromatic rings. The molecule has 230 valence electrons. The molecule has 0 spiro atoms. The van der Waals surface area contributed by atoms with Crippen molar-refractivity contribution >= 4 is 79.7 Å². The van der Waals surface area contributed by atoms with Crippen molar-refractivity contribution in [2.75, 3.05) is 19.8 Å². The highest BCUT2D eigenvalue weighted by Gasteiger charge is 2.30. The molecule has 0 saturated carbocycles. The molecule has 0 N–H and O–H groups in total. The molecule has 0 atom stereocenters. The first kappa shape index (κ1) is 38.2. The lowest BCUT2D eigenvalue weighted by atomic mass is 10.1. The molecular weight excluding hydrogens is 845 g/mol. The third-order valence-electron chi connectivity index (χ3n) is 6.89. The van der Waals surface area contributed by atoms with Gasteiger partial charge in [-0.25, -0.2) is 9.59 Å². The molecule has 40 heavy (non-hydrogen) atoms. The zero-order valence-electron chi connectivity index (χ0n) is 25.0. The van der Waals surface area contributed by atoms with E-state index in [2.05, 4.69) is 88.5 Å². The molecule has 0 fully saturated rings. The van der Waals surface area contributed by atoms with E-state index in [1.807, 2.05) is 0 Å². The van der Waals surface area contributed by atoms with Crippen molar-refractivity contribution in [3.05, 3.63) is 21.8 Å². The first-order chi connectivity index (χ1) is 19.4. The maximum absolute atomic E-state index is 13.3. The molecule has 0 saturated heterocycles. The molecule has 0 aliphatic carbocycles. The van der Waals surface area contributed by atoms with E-state index in [0.717, 1.165) is 51.4 Å². The Labute approximate surface area is 284 Å². The van der Waals surface area contributed by atoms with Gasteiger partial charge in [0.1, 0.15) is 5.75 Å². The monoisotopic (exact) mass is 896 g/mol. The summed E-state index contributed by atoms with van der Waals surface area (Å²) in [7, 11) is 0. The van der Waals surface area contributed by atoms with Gasteiger partial charge in [-0.2, -0.15) is 0 Å². The number of hydrogen-bond donors (Lipinski definition) is 0. The Balaban J connectivity index is 2.97. The largest absolute Gasteiger partial charge is 0.491 e. The van der Waals surface area contributed by atoms with Crippen LogP contribution in [0.3, 0.4) is 0 Å². The van der Waals surface area contributed by atoms with Gasteiger partial charge in [0.15, 0.2) is 0 Å². The summed E-state index contributed by atoms with van der Waals surface area (Å²) in [6.45, 7) is 7.95.